The lowest BCUT2D eigenvalue weighted by Gasteiger charge is -2.30. The van der Waals surface area contributed by atoms with Gasteiger partial charge >= 0.3 is 0 Å². The predicted molar refractivity (Wildman–Crippen MR) is 118 cm³/mol. The number of amides is 1. The van der Waals surface area contributed by atoms with Crippen LogP contribution in [0.2, 0.25) is 0 Å². The molecule has 1 N–H and O–H groups in total. The van der Waals surface area contributed by atoms with Crippen molar-refractivity contribution in [2.24, 2.45) is 5.92 Å². The third kappa shape index (κ3) is 5.10. The summed E-state index contributed by atoms with van der Waals surface area (Å²) in [6.07, 6.45) is 4.42. The number of hydrogen-bond acceptors (Lipinski definition) is 5. The Morgan fingerprint density at radius 1 is 1.10 bits per heavy atom. The SMILES string of the molecule is Cc1ccccc1-c1nc(CN2CCC(C(=O)NCCN3CCCC3)CC2)c(C)o1. The van der Waals surface area contributed by atoms with Crippen molar-refractivity contribution in [3.63, 3.8) is 0 Å². The second-order valence-corrected chi connectivity index (χ2v) is 8.73. The lowest BCUT2D eigenvalue weighted by atomic mass is 9.96. The first-order valence-electron chi connectivity index (χ1n) is 11.3. The van der Waals surface area contributed by atoms with Gasteiger partial charge in [0.25, 0.3) is 0 Å². The van der Waals surface area contributed by atoms with Crippen LogP contribution in [0, 0.1) is 19.8 Å². The van der Waals surface area contributed by atoms with E-state index in [4.69, 9.17) is 9.40 Å². The molecule has 1 aromatic heterocycles. The van der Waals surface area contributed by atoms with E-state index in [1.54, 1.807) is 0 Å². The quantitative estimate of drug-likeness (QED) is 0.758. The first-order valence-corrected chi connectivity index (χ1v) is 11.3. The van der Waals surface area contributed by atoms with E-state index in [-0.39, 0.29) is 11.8 Å². The van der Waals surface area contributed by atoms with Gasteiger partial charge in [-0.05, 0) is 77.3 Å². The summed E-state index contributed by atoms with van der Waals surface area (Å²) in [5, 5.41) is 3.15. The van der Waals surface area contributed by atoms with Gasteiger partial charge in [0.05, 0.1) is 5.69 Å². The molecular weight excluding hydrogens is 376 g/mol. The van der Waals surface area contributed by atoms with E-state index in [2.05, 4.69) is 34.2 Å². The topological polar surface area (TPSA) is 61.6 Å². The number of nitrogens with zero attached hydrogens (tertiary/aromatic N) is 3. The lowest BCUT2D eigenvalue weighted by Crippen LogP contribution is -2.42. The number of aromatic nitrogens is 1. The van der Waals surface area contributed by atoms with Gasteiger partial charge in [-0.15, -0.1) is 0 Å². The molecule has 2 saturated heterocycles. The Bertz CT molecular complexity index is 849. The fourth-order valence-electron chi connectivity index (χ4n) is 4.56. The number of oxazole rings is 1. The normalized spacial score (nSPS) is 18.7. The molecule has 0 bridgehead atoms. The molecule has 30 heavy (non-hydrogen) atoms. The predicted octanol–water partition coefficient (Wildman–Crippen LogP) is 3.38. The Balaban J connectivity index is 1.25. The zero-order valence-electron chi connectivity index (χ0n) is 18.3. The second-order valence-electron chi connectivity index (χ2n) is 8.73. The van der Waals surface area contributed by atoms with E-state index in [0.717, 1.165) is 62.6 Å². The number of piperidine rings is 1. The van der Waals surface area contributed by atoms with E-state index in [1.165, 1.54) is 31.5 Å². The van der Waals surface area contributed by atoms with Gasteiger partial charge in [0.1, 0.15) is 5.76 Å². The summed E-state index contributed by atoms with van der Waals surface area (Å²) in [6, 6.07) is 8.18. The summed E-state index contributed by atoms with van der Waals surface area (Å²) >= 11 is 0. The number of rotatable bonds is 7. The third-order valence-corrected chi connectivity index (χ3v) is 6.53. The Morgan fingerprint density at radius 2 is 1.83 bits per heavy atom. The van der Waals surface area contributed by atoms with Crippen molar-refractivity contribution in [2.45, 2.75) is 46.1 Å². The number of likely N-dealkylation sites (tertiary alicyclic amines) is 2. The summed E-state index contributed by atoms with van der Waals surface area (Å²) in [6.45, 7) is 10.8. The van der Waals surface area contributed by atoms with Crippen LogP contribution in [-0.2, 0) is 11.3 Å². The highest BCUT2D eigenvalue weighted by Gasteiger charge is 2.26. The van der Waals surface area contributed by atoms with Gasteiger partial charge in [-0.3, -0.25) is 9.69 Å². The minimum Gasteiger partial charge on any atom is -0.441 e. The lowest BCUT2D eigenvalue weighted by molar-refractivity contribution is -0.126. The first-order chi connectivity index (χ1) is 14.6. The molecule has 3 heterocycles. The third-order valence-electron chi connectivity index (χ3n) is 6.53. The Kier molecular flexibility index (Phi) is 6.85. The maximum atomic E-state index is 12.5. The van der Waals surface area contributed by atoms with Gasteiger partial charge in [0.2, 0.25) is 11.8 Å². The Morgan fingerprint density at radius 3 is 2.57 bits per heavy atom. The van der Waals surface area contributed by atoms with Crippen LogP contribution in [0.3, 0.4) is 0 Å². The Hall–Kier alpha value is -2.18. The molecule has 2 fully saturated rings. The van der Waals surface area contributed by atoms with E-state index < -0.39 is 0 Å². The van der Waals surface area contributed by atoms with Crippen LogP contribution in [0.4, 0.5) is 0 Å². The number of hydrogen-bond donors (Lipinski definition) is 1. The largest absolute Gasteiger partial charge is 0.441 e. The molecule has 6 heteroatoms. The van der Waals surface area contributed by atoms with Crippen LogP contribution in [0.15, 0.2) is 28.7 Å². The van der Waals surface area contributed by atoms with Crippen molar-refractivity contribution in [1.29, 1.82) is 0 Å². The highest BCUT2D eigenvalue weighted by atomic mass is 16.4. The van der Waals surface area contributed by atoms with Crippen molar-refractivity contribution < 1.29 is 9.21 Å². The van der Waals surface area contributed by atoms with Crippen LogP contribution in [0.1, 0.15) is 42.7 Å². The summed E-state index contributed by atoms with van der Waals surface area (Å²) in [5.74, 6) is 1.96. The average Bonchev–Trinajstić information content (AvgIpc) is 3.39. The number of benzene rings is 1. The summed E-state index contributed by atoms with van der Waals surface area (Å²) < 4.78 is 5.96. The van der Waals surface area contributed by atoms with Crippen molar-refractivity contribution in [2.75, 3.05) is 39.3 Å². The van der Waals surface area contributed by atoms with Gasteiger partial charge < -0.3 is 14.6 Å². The van der Waals surface area contributed by atoms with E-state index in [9.17, 15) is 4.79 Å². The van der Waals surface area contributed by atoms with Crippen molar-refractivity contribution >= 4 is 5.91 Å². The molecule has 0 aliphatic carbocycles. The van der Waals surface area contributed by atoms with Gasteiger partial charge in [-0.2, -0.15) is 0 Å². The zero-order valence-corrected chi connectivity index (χ0v) is 18.3. The van der Waals surface area contributed by atoms with Crippen LogP contribution in [-0.4, -0.2) is 60.0 Å². The van der Waals surface area contributed by atoms with E-state index in [0.29, 0.717) is 5.89 Å². The summed E-state index contributed by atoms with van der Waals surface area (Å²) in [7, 11) is 0. The molecule has 2 aromatic rings. The van der Waals surface area contributed by atoms with Gasteiger partial charge in [0.15, 0.2) is 0 Å². The highest BCUT2D eigenvalue weighted by Crippen LogP contribution is 2.26. The van der Waals surface area contributed by atoms with Crippen molar-refractivity contribution in [3.05, 3.63) is 41.3 Å². The molecule has 2 aliphatic heterocycles. The first kappa shape index (κ1) is 21.1. The van der Waals surface area contributed by atoms with Crippen molar-refractivity contribution in [1.82, 2.24) is 20.1 Å². The maximum absolute atomic E-state index is 12.5. The van der Waals surface area contributed by atoms with Gasteiger partial charge in [-0.1, -0.05) is 18.2 Å². The molecule has 4 rings (SSSR count). The molecule has 162 valence electrons. The molecule has 0 radical (unpaired) electrons. The number of carbonyl (C=O) groups is 1. The van der Waals surface area contributed by atoms with E-state index in [1.807, 2.05) is 19.1 Å². The van der Waals surface area contributed by atoms with Crippen molar-refractivity contribution in [3.8, 4) is 11.5 Å². The number of nitrogens with one attached hydrogen (secondary N) is 1. The smallest absolute Gasteiger partial charge is 0.226 e. The standard InChI is InChI=1S/C24H34N4O2/c1-18-7-3-4-8-21(18)24-26-22(19(2)30-24)17-28-14-9-20(10-15-28)23(29)25-11-16-27-12-5-6-13-27/h3-4,7-8,20H,5-6,9-17H2,1-2H3,(H,25,29). The van der Waals surface area contributed by atoms with E-state index >= 15 is 0 Å². The number of aryl methyl sites for hydroxylation is 2. The minimum absolute atomic E-state index is 0.140. The fraction of sp³-hybridized carbons (Fsp3) is 0.583. The van der Waals surface area contributed by atoms with Crippen LogP contribution < -0.4 is 5.32 Å². The molecule has 0 atom stereocenters. The monoisotopic (exact) mass is 410 g/mol. The zero-order chi connectivity index (χ0) is 20.9. The second kappa shape index (κ2) is 9.75. The average molecular weight is 411 g/mol. The molecular formula is C24H34N4O2. The van der Waals surface area contributed by atoms with Crippen LogP contribution in [0.5, 0.6) is 0 Å². The molecule has 0 saturated carbocycles. The Labute approximate surface area is 179 Å². The minimum atomic E-state index is 0.140. The molecule has 0 spiro atoms. The molecule has 1 amide bonds. The summed E-state index contributed by atoms with van der Waals surface area (Å²) in [5.41, 5.74) is 3.22. The summed E-state index contributed by atoms with van der Waals surface area (Å²) in [4.78, 5) is 22.1. The van der Waals surface area contributed by atoms with Crippen LogP contribution in [0.25, 0.3) is 11.5 Å². The highest BCUT2D eigenvalue weighted by molar-refractivity contribution is 5.78. The molecule has 0 unspecified atom stereocenters. The van der Waals surface area contributed by atoms with Gasteiger partial charge in [0, 0.05) is 31.1 Å². The fourth-order valence-corrected chi connectivity index (χ4v) is 4.56. The van der Waals surface area contributed by atoms with Crippen LogP contribution >= 0.6 is 0 Å². The molecule has 6 nitrogen and oxygen atoms in total. The number of carbonyl (C=O) groups excluding carboxylic acids is 1. The molecule has 1 aromatic carbocycles. The maximum Gasteiger partial charge on any atom is 0.226 e. The van der Waals surface area contributed by atoms with Gasteiger partial charge in [-0.25, -0.2) is 4.98 Å². The molecule has 2 aliphatic rings.